The molecule has 1 aliphatic rings. The molecule has 0 unspecified atom stereocenters. The summed E-state index contributed by atoms with van der Waals surface area (Å²) in [6, 6.07) is 11.0. The second-order valence-electron chi connectivity index (χ2n) is 6.29. The van der Waals surface area contributed by atoms with E-state index in [1.807, 2.05) is 6.92 Å². The molecular formula is C18H17N2O6S-. The Hall–Kier alpha value is -2.78. The summed E-state index contributed by atoms with van der Waals surface area (Å²) in [5.41, 5.74) is 0.732. The van der Waals surface area contributed by atoms with Gasteiger partial charge in [-0.15, -0.1) is 0 Å². The summed E-state index contributed by atoms with van der Waals surface area (Å²) in [7, 11) is -4.74. The first kappa shape index (κ1) is 19.0. The molecule has 0 aliphatic carbocycles. The standard InChI is InChI=1S/C18H18N2O6S/c1-2-11-19-17(12-7-9-13(10-8-12)20(22)23)16(18(19)21)14-5-3-4-6-15(14)27(24,25)26/h3-10,16-17H,2,11H2,1H3,(H,24,25,26)/p-1/t16-,17-/m1/s1. The lowest BCUT2D eigenvalue weighted by Crippen LogP contribution is -2.53. The summed E-state index contributed by atoms with van der Waals surface area (Å²) >= 11 is 0. The molecule has 0 bridgehead atoms. The fourth-order valence-corrected chi connectivity index (χ4v) is 4.20. The minimum Gasteiger partial charge on any atom is -0.744 e. The quantitative estimate of drug-likeness (QED) is 0.324. The largest absolute Gasteiger partial charge is 0.744 e. The van der Waals surface area contributed by atoms with Crippen molar-refractivity contribution in [2.75, 3.05) is 6.54 Å². The van der Waals surface area contributed by atoms with E-state index >= 15 is 0 Å². The van der Waals surface area contributed by atoms with Gasteiger partial charge in [-0.3, -0.25) is 14.9 Å². The zero-order valence-corrected chi connectivity index (χ0v) is 15.3. The van der Waals surface area contributed by atoms with Crippen LogP contribution < -0.4 is 0 Å². The average Bonchev–Trinajstić information content (AvgIpc) is 2.63. The maximum absolute atomic E-state index is 12.7. The first-order valence-electron chi connectivity index (χ1n) is 8.35. The second-order valence-corrected chi connectivity index (χ2v) is 7.64. The van der Waals surface area contributed by atoms with E-state index in [4.69, 9.17) is 0 Å². The third-order valence-electron chi connectivity index (χ3n) is 4.63. The number of nitrogens with zero attached hydrogens (tertiary/aromatic N) is 2. The number of nitro benzene ring substituents is 1. The number of likely N-dealkylation sites (tertiary alicyclic amines) is 1. The SMILES string of the molecule is CCCN1C(=O)[C@H](c2ccccc2S(=O)(=O)[O-])[C@H]1c1ccc([N+](=O)[O-])cc1. The molecule has 0 spiro atoms. The minimum absolute atomic E-state index is 0.0782. The summed E-state index contributed by atoms with van der Waals surface area (Å²) in [5.74, 6) is -1.09. The van der Waals surface area contributed by atoms with Crippen LogP contribution in [0.2, 0.25) is 0 Å². The molecule has 0 N–H and O–H groups in total. The van der Waals surface area contributed by atoms with Gasteiger partial charge in [0.25, 0.3) is 5.69 Å². The molecule has 0 radical (unpaired) electrons. The van der Waals surface area contributed by atoms with Crippen LogP contribution in [0.4, 0.5) is 5.69 Å². The molecule has 1 aliphatic heterocycles. The fourth-order valence-electron chi connectivity index (χ4n) is 3.47. The van der Waals surface area contributed by atoms with E-state index in [1.54, 1.807) is 23.1 Å². The molecule has 1 heterocycles. The molecule has 27 heavy (non-hydrogen) atoms. The van der Waals surface area contributed by atoms with E-state index in [9.17, 15) is 27.9 Å². The summed E-state index contributed by atoms with van der Waals surface area (Å²) in [6.45, 7) is 2.37. The minimum atomic E-state index is -4.74. The van der Waals surface area contributed by atoms with Crippen LogP contribution in [0.15, 0.2) is 53.4 Å². The Morgan fingerprint density at radius 2 is 1.74 bits per heavy atom. The van der Waals surface area contributed by atoms with Gasteiger partial charge in [0, 0.05) is 18.7 Å². The lowest BCUT2D eigenvalue weighted by molar-refractivity contribution is -0.384. The lowest BCUT2D eigenvalue weighted by atomic mass is 9.77. The average molecular weight is 389 g/mol. The van der Waals surface area contributed by atoms with Gasteiger partial charge in [0.05, 0.1) is 21.8 Å². The fraction of sp³-hybridized carbons (Fsp3) is 0.278. The van der Waals surface area contributed by atoms with Gasteiger partial charge in [-0.2, -0.15) is 0 Å². The maximum atomic E-state index is 12.7. The van der Waals surface area contributed by atoms with E-state index in [2.05, 4.69) is 0 Å². The van der Waals surface area contributed by atoms with Gasteiger partial charge in [-0.05, 0) is 23.6 Å². The van der Waals surface area contributed by atoms with E-state index in [0.717, 1.165) is 0 Å². The molecule has 1 saturated heterocycles. The molecule has 8 nitrogen and oxygen atoms in total. The van der Waals surface area contributed by atoms with Crippen LogP contribution in [-0.2, 0) is 14.9 Å². The highest BCUT2D eigenvalue weighted by molar-refractivity contribution is 7.85. The molecular weight excluding hydrogens is 372 g/mol. The third-order valence-corrected chi connectivity index (χ3v) is 5.54. The van der Waals surface area contributed by atoms with Crippen LogP contribution in [0.3, 0.4) is 0 Å². The molecule has 2 aromatic carbocycles. The highest BCUT2D eigenvalue weighted by atomic mass is 32.2. The molecule has 9 heteroatoms. The highest BCUT2D eigenvalue weighted by Crippen LogP contribution is 2.48. The van der Waals surface area contributed by atoms with Crippen molar-refractivity contribution in [3.63, 3.8) is 0 Å². The van der Waals surface area contributed by atoms with Gasteiger partial charge < -0.3 is 9.45 Å². The Morgan fingerprint density at radius 3 is 2.30 bits per heavy atom. The van der Waals surface area contributed by atoms with Crippen molar-refractivity contribution in [2.24, 2.45) is 0 Å². The van der Waals surface area contributed by atoms with E-state index in [-0.39, 0.29) is 17.2 Å². The van der Waals surface area contributed by atoms with Crippen LogP contribution in [-0.4, -0.2) is 35.2 Å². The normalized spacial score (nSPS) is 19.6. The van der Waals surface area contributed by atoms with Crippen molar-refractivity contribution >= 4 is 21.7 Å². The second kappa shape index (κ2) is 7.09. The van der Waals surface area contributed by atoms with E-state index < -0.39 is 31.9 Å². The zero-order chi connectivity index (χ0) is 19.8. The van der Waals surface area contributed by atoms with E-state index in [0.29, 0.717) is 18.5 Å². The highest BCUT2D eigenvalue weighted by Gasteiger charge is 2.49. The van der Waals surface area contributed by atoms with Crippen molar-refractivity contribution < 1.29 is 22.7 Å². The van der Waals surface area contributed by atoms with Gasteiger partial charge in [0.15, 0.2) is 0 Å². The van der Waals surface area contributed by atoms with Crippen LogP contribution in [0.5, 0.6) is 0 Å². The first-order valence-corrected chi connectivity index (χ1v) is 9.76. The third kappa shape index (κ3) is 3.43. The van der Waals surface area contributed by atoms with Crippen molar-refractivity contribution in [1.29, 1.82) is 0 Å². The predicted molar refractivity (Wildman–Crippen MR) is 95.0 cm³/mol. The Labute approximate surface area is 156 Å². The van der Waals surface area contributed by atoms with Gasteiger partial charge >= 0.3 is 0 Å². The van der Waals surface area contributed by atoms with Gasteiger partial charge in [0.2, 0.25) is 5.91 Å². The number of benzene rings is 2. The number of carbonyl (C=O) groups excluding carboxylic acids is 1. The Balaban J connectivity index is 2.07. The molecule has 3 rings (SSSR count). The van der Waals surface area contributed by atoms with Crippen LogP contribution >= 0.6 is 0 Å². The van der Waals surface area contributed by atoms with Crippen molar-refractivity contribution in [2.45, 2.75) is 30.2 Å². The number of hydrogen-bond acceptors (Lipinski definition) is 6. The zero-order valence-electron chi connectivity index (χ0n) is 14.4. The molecule has 0 aromatic heterocycles. The summed E-state index contributed by atoms with van der Waals surface area (Å²) in [6.07, 6.45) is 0.698. The number of amides is 1. The van der Waals surface area contributed by atoms with Gasteiger partial charge in [-0.1, -0.05) is 37.3 Å². The molecule has 1 fully saturated rings. The van der Waals surface area contributed by atoms with Crippen molar-refractivity contribution in [3.8, 4) is 0 Å². The Morgan fingerprint density at radius 1 is 1.11 bits per heavy atom. The number of non-ortho nitro benzene ring substituents is 1. The number of nitro groups is 1. The molecule has 142 valence electrons. The van der Waals surface area contributed by atoms with Gasteiger partial charge in [-0.25, -0.2) is 8.42 Å². The smallest absolute Gasteiger partial charge is 0.269 e. The van der Waals surface area contributed by atoms with Crippen LogP contribution in [0, 0.1) is 10.1 Å². The van der Waals surface area contributed by atoms with Gasteiger partial charge in [0.1, 0.15) is 10.1 Å². The Kier molecular flexibility index (Phi) is 4.99. The lowest BCUT2D eigenvalue weighted by Gasteiger charge is -2.48. The maximum Gasteiger partial charge on any atom is 0.269 e. The summed E-state index contributed by atoms with van der Waals surface area (Å²) in [4.78, 5) is 24.2. The van der Waals surface area contributed by atoms with Crippen LogP contribution in [0.25, 0.3) is 0 Å². The number of carbonyl (C=O) groups is 1. The van der Waals surface area contributed by atoms with Crippen molar-refractivity contribution in [1.82, 2.24) is 4.90 Å². The topological polar surface area (TPSA) is 121 Å². The molecule has 2 atom stereocenters. The Bertz CT molecular complexity index is 987. The van der Waals surface area contributed by atoms with Crippen LogP contribution in [0.1, 0.15) is 36.4 Å². The van der Waals surface area contributed by atoms with E-state index in [1.165, 1.54) is 30.3 Å². The number of rotatable bonds is 6. The number of hydrogen-bond donors (Lipinski definition) is 0. The first-order chi connectivity index (χ1) is 12.8. The molecule has 1 amide bonds. The predicted octanol–water partition coefficient (Wildman–Crippen LogP) is 2.58. The monoisotopic (exact) mass is 389 g/mol. The summed E-state index contributed by atoms with van der Waals surface area (Å²) in [5, 5.41) is 10.9. The number of β-lactam (4-membered cyclic amide) rings is 1. The molecule has 0 saturated carbocycles. The molecule has 2 aromatic rings. The summed E-state index contributed by atoms with van der Waals surface area (Å²) < 4.78 is 34.9. The van der Waals surface area contributed by atoms with Crippen molar-refractivity contribution in [3.05, 3.63) is 69.8 Å².